The minimum atomic E-state index is -0.229. The highest BCUT2D eigenvalue weighted by atomic mass is 32.1. The van der Waals surface area contributed by atoms with E-state index in [4.69, 9.17) is 0 Å². The summed E-state index contributed by atoms with van der Waals surface area (Å²) in [5, 5.41) is 12.2. The van der Waals surface area contributed by atoms with E-state index in [0.717, 1.165) is 29.2 Å². The van der Waals surface area contributed by atoms with E-state index in [0.29, 0.717) is 27.1 Å². The number of carbonyl (C=O) groups excluding carboxylic acids is 1. The highest BCUT2D eigenvalue weighted by Gasteiger charge is 2.25. The molecule has 1 amide bonds. The number of hydrogen-bond acceptors (Lipinski definition) is 6. The van der Waals surface area contributed by atoms with Crippen molar-refractivity contribution in [2.45, 2.75) is 47.1 Å². The van der Waals surface area contributed by atoms with Crippen molar-refractivity contribution < 1.29 is 4.79 Å². The Morgan fingerprint density at radius 2 is 1.97 bits per heavy atom. The Hall–Kier alpha value is -2.81. The number of nitrogens with zero attached hydrogens (tertiary/aromatic N) is 5. The highest BCUT2D eigenvalue weighted by molar-refractivity contribution is 7.17. The quantitative estimate of drug-likeness (QED) is 0.695. The molecule has 1 fully saturated rings. The molecule has 0 saturated heterocycles. The molecule has 0 aliphatic heterocycles. The number of anilines is 1. The molecule has 8 nitrogen and oxygen atoms in total. The van der Waals surface area contributed by atoms with Gasteiger partial charge in [0.1, 0.15) is 15.7 Å². The fourth-order valence-electron chi connectivity index (χ4n) is 3.30. The average molecular weight is 413 g/mol. The van der Waals surface area contributed by atoms with Crippen LogP contribution in [0.3, 0.4) is 0 Å². The molecule has 1 aliphatic carbocycles. The molecule has 0 spiro atoms. The number of rotatable bonds is 5. The van der Waals surface area contributed by atoms with Crippen LogP contribution in [-0.4, -0.2) is 30.5 Å². The second-order valence-electron chi connectivity index (χ2n) is 7.70. The Balaban J connectivity index is 1.67. The molecule has 3 heterocycles. The van der Waals surface area contributed by atoms with Gasteiger partial charge in [0.25, 0.3) is 11.5 Å². The van der Waals surface area contributed by atoms with Crippen molar-refractivity contribution in [1.29, 1.82) is 0 Å². The summed E-state index contributed by atoms with van der Waals surface area (Å²) in [4.78, 5) is 30.7. The van der Waals surface area contributed by atoms with Crippen molar-refractivity contribution in [1.82, 2.24) is 24.5 Å². The van der Waals surface area contributed by atoms with E-state index >= 15 is 0 Å². The lowest BCUT2D eigenvalue weighted by atomic mass is 10.1. The van der Waals surface area contributed by atoms with Crippen LogP contribution in [0.15, 0.2) is 11.0 Å². The van der Waals surface area contributed by atoms with Crippen LogP contribution in [0.4, 0.5) is 5.82 Å². The molecule has 3 aromatic heterocycles. The first-order chi connectivity index (χ1) is 13.8. The van der Waals surface area contributed by atoms with Crippen LogP contribution in [-0.2, 0) is 13.6 Å². The molecule has 9 heteroatoms. The van der Waals surface area contributed by atoms with Gasteiger partial charge < -0.3 is 5.32 Å². The van der Waals surface area contributed by atoms with E-state index in [1.807, 2.05) is 25.5 Å². The van der Waals surface area contributed by atoms with E-state index in [9.17, 15) is 9.59 Å². The van der Waals surface area contributed by atoms with Crippen LogP contribution >= 0.6 is 11.3 Å². The summed E-state index contributed by atoms with van der Waals surface area (Å²) in [5.74, 6) is 1.14. The van der Waals surface area contributed by atoms with Crippen molar-refractivity contribution in [2.24, 2.45) is 13.0 Å². The number of hydrogen-bond donors (Lipinski definition) is 1. The minimum Gasteiger partial charge on any atom is -0.306 e. The van der Waals surface area contributed by atoms with Crippen molar-refractivity contribution in [3.8, 4) is 10.6 Å². The van der Waals surface area contributed by atoms with Gasteiger partial charge in [0.15, 0.2) is 0 Å². The van der Waals surface area contributed by atoms with Gasteiger partial charge in [-0.2, -0.15) is 10.2 Å². The van der Waals surface area contributed by atoms with Crippen molar-refractivity contribution in [2.75, 3.05) is 5.32 Å². The zero-order chi connectivity index (χ0) is 20.9. The van der Waals surface area contributed by atoms with Gasteiger partial charge in [-0.15, -0.1) is 11.3 Å². The summed E-state index contributed by atoms with van der Waals surface area (Å²) in [5.41, 5.74) is 3.36. The van der Waals surface area contributed by atoms with E-state index in [1.54, 1.807) is 20.2 Å². The number of nitrogens with one attached hydrogen (secondary N) is 1. The summed E-state index contributed by atoms with van der Waals surface area (Å²) < 4.78 is 3.18. The van der Waals surface area contributed by atoms with Crippen LogP contribution < -0.4 is 10.9 Å². The lowest BCUT2D eigenvalue weighted by molar-refractivity contribution is 0.102. The molecule has 0 bridgehead atoms. The van der Waals surface area contributed by atoms with E-state index in [-0.39, 0.29) is 11.5 Å². The Bertz CT molecular complexity index is 1170. The maximum Gasteiger partial charge on any atom is 0.277 e. The molecule has 3 aromatic rings. The Labute approximate surface area is 172 Å². The fourth-order valence-corrected chi connectivity index (χ4v) is 4.36. The van der Waals surface area contributed by atoms with Gasteiger partial charge in [0.05, 0.1) is 23.1 Å². The third kappa shape index (κ3) is 3.62. The summed E-state index contributed by atoms with van der Waals surface area (Å²) in [6, 6.07) is 0. The molecule has 1 aliphatic rings. The largest absolute Gasteiger partial charge is 0.306 e. The van der Waals surface area contributed by atoms with Gasteiger partial charge in [-0.3, -0.25) is 9.59 Å². The molecule has 0 radical (unpaired) electrons. The molecule has 0 unspecified atom stereocenters. The van der Waals surface area contributed by atoms with Crippen LogP contribution in [0.25, 0.3) is 10.6 Å². The Morgan fingerprint density at radius 3 is 2.66 bits per heavy atom. The number of thiazole rings is 1. The molecule has 1 saturated carbocycles. The molecular formula is C20H24N6O2S. The minimum absolute atomic E-state index is 0.216. The molecule has 0 atom stereocenters. The van der Waals surface area contributed by atoms with Gasteiger partial charge in [0, 0.05) is 19.2 Å². The second kappa shape index (κ2) is 7.22. The summed E-state index contributed by atoms with van der Waals surface area (Å²) in [6.45, 7) is 8.26. The number of amides is 1. The number of carbonyl (C=O) groups is 1. The first-order valence-corrected chi connectivity index (χ1v) is 10.4. The first-order valence-electron chi connectivity index (χ1n) is 9.62. The Kier molecular flexibility index (Phi) is 4.85. The van der Waals surface area contributed by atoms with E-state index < -0.39 is 0 Å². The van der Waals surface area contributed by atoms with Gasteiger partial charge in [-0.05, 0) is 52.0 Å². The SMILES string of the molecule is Cc1cnn(CC2CC2)c1NC(=O)c1sc(-c2c(C)c(C)nn(C)c2=O)nc1C. The molecule has 152 valence electrons. The van der Waals surface area contributed by atoms with Gasteiger partial charge in [-0.1, -0.05) is 0 Å². The topological polar surface area (TPSA) is 94.7 Å². The normalized spacial score (nSPS) is 13.7. The first kappa shape index (κ1) is 19.5. The highest BCUT2D eigenvalue weighted by Crippen LogP contribution is 2.33. The maximum atomic E-state index is 13.0. The number of aromatic nitrogens is 5. The molecule has 4 rings (SSSR count). The Morgan fingerprint density at radius 1 is 1.24 bits per heavy atom. The monoisotopic (exact) mass is 412 g/mol. The lowest BCUT2D eigenvalue weighted by Gasteiger charge is -2.09. The van der Waals surface area contributed by atoms with E-state index in [2.05, 4.69) is 20.5 Å². The van der Waals surface area contributed by atoms with Gasteiger partial charge >= 0.3 is 0 Å². The summed E-state index contributed by atoms with van der Waals surface area (Å²) in [7, 11) is 1.62. The summed E-state index contributed by atoms with van der Waals surface area (Å²) in [6.07, 6.45) is 4.20. The fraction of sp³-hybridized carbons (Fsp3) is 0.450. The molecular weight excluding hydrogens is 388 g/mol. The van der Waals surface area contributed by atoms with E-state index in [1.165, 1.54) is 28.9 Å². The lowest BCUT2D eigenvalue weighted by Crippen LogP contribution is -2.23. The van der Waals surface area contributed by atoms with Crippen molar-refractivity contribution in [3.63, 3.8) is 0 Å². The smallest absolute Gasteiger partial charge is 0.277 e. The predicted octanol–water partition coefficient (Wildman–Crippen LogP) is 3.00. The zero-order valence-electron chi connectivity index (χ0n) is 17.2. The third-order valence-corrected chi connectivity index (χ3v) is 6.50. The second-order valence-corrected chi connectivity index (χ2v) is 8.70. The van der Waals surface area contributed by atoms with Gasteiger partial charge in [-0.25, -0.2) is 14.3 Å². The van der Waals surface area contributed by atoms with Crippen molar-refractivity contribution in [3.05, 3.63) is 43.9 Å². The summed E-state index contributed by atoms with van der Waals surface area (Å²) >= 11 is 1.23. The maximum absolute atomic E-state index is 13.0. The van der Waals surface area contributed by atoms with Gasteiger partial charge in [0.2, 0.25) is 0 Å². The zero-order valence-corrected chi connectivity index (χ0v) is 18.1. The molecule has 1 N–H and O–H groups in total. The van der Waals surface area contributed by atoms with Crippen LogP contribution in [0.5, 0.6) is 0 Å². The van der Waals surface area contributed by atoms with Crippen LogP contribution in [0.2, 0.25) is 0 Å². The van der Waals surface area contributed by atoms with Crippen molar-refractivity contribution >= 4 is 23.1 Å². The van der Waals surface area contributed by atoms with Crippen LogP contribution in [0.1, 0.15) is 45.0 Å². The molecule has 0 aromatic carbocycles. The predicted molar refractivity (Wildman–Crippen MR) is 112 cm³/mol. The average Bonchev–Trinajstić information content (AvgIpc) is 3.32. The standard InChI is InChI=1S/C20H24N6O2S/c1-10-8-21-26(9-14-6-7-14)17(10)23-18(27)16-13(4)22-19(29-16)15-11(2)12(3)24-25(5)20(15)28/h8,14H,6-7,9H2,1-5H3,(H,23,27). The molecule has 29 heavy (non-hydrogen) atoms. The third-order valence-electron chi connectivity index (χ3n) is 5.32. The van der Waals surface area contributed by atoms with Crippen LogP contribution in [0, 0.1) is 33.6 Å². The number of aryl methyl sites for hydroxylation is 4.